The lowest BCUT2D eigenvalue weighted by molar-refractivity contribution is -0.156. The molecule has 0 fully saturated rings. The van der Waals surface area contributed by atoms with Crippen LogP contribution >= 0.6 is 0 Å². The first-order valence-corrected chi connectivity index (χ1v) is 11.0. The third-order valence-electron chi connectivity index (χ3n) is 4.74. The number of nitrogens with one attached hydrogen (secondary N) is 2. The number of carbonyl (C=O) groups is 3. The lowest BCUT2D eigenvalue weighted by Crippen LogP contribution is -2.43. The van der Waals surface area contributed by atoms with Gasteiger partial charge in [0.1, 0.15) is 16.3 Å². The van der Waals surface area contributed by atoms with Gasteiger partial charge in [0.05, 0.1) is 36.7 Å². The molecule has 4 N–H and O–H groups in total. The summed E-state index contributed by atoms with van der Waals surface area (Å²) < 4.78 is 11.0. The van der Waals surface area contributed by atoms with Crippen molar-refractivity contribution in [2.75, 3.05) is 13.7 Å². The summed E-state index contributed by atoms with van der Waals surface area (Å²) in [5.41, 5.74) is 6.66. The molecule has 1 aromatic rings. The smallest absolute Gasteiger partial charge is 0.353 e. The van der Waals surface area contributed by atoms with E-state index in [1.54, 1.807) is 40.8 Å². The Hall–Kier alpha value is -3.01. The van der Waals surface area contributed by atoms with E-state index < -0.39 is 29.6 Å². The highest BCUT2D eigenvalue weighted by molar-refractivity contribution is 5.86. The number of nitrogens with two attached hydrogens (primary N) is 1. The molecule has 1 radical (unpaired) electrons. The van der Waals surface area contributed by atoms with Crippen molar-refractivity contribution in [2.45, 2.75) is 78.0 Å². The van der Waals surface area contributed by atoms with E-state index in [9.17, 15) is 19.3 Å². The van der Waals surface area contributed by atoms with E-state index in [0.717, 1.165) is 5.56 Å². The van der Waals surface area contributed by atoms with Crippen molar-refractivity contribution in [3.05, 3.63) is 28.2 Å². The van der Waals surface area contributed by atoms with Crippen LogP contribution < -0.4 is 26.3 Å². The monoisotopic (exact) mass is 464 g/mol. The zero-order chi connectivity index (χ0) is 25.2. The first-order valence-electron chi connectivity index (χ1n) is 11.0. The van der Waals surface area contributed by atoms with Crippen molar-refractivity contribution in [3.8, 4) is 5.75 Å². The molecule has 2 amide bonds. The van der Waals surface area contributed by atoms with Crippen molar-refractivity contribution in [2.24, 2.45) is 5.73 Å². The van der Waals surface area contributed by atoms with E-state index in [4.69, 9.17) is 15.2 Å². The van der Waals surface area contributed by atoms with Crippen molar-refractivity contribution < 1.29 is 23.9 Å². The van der Waals surface area contributed by atoms with Crippen LogP contribution in [0.5, 0.6) is 5.75 Å². The fourth-order valence-electron chi connectivity index (χ4n) is 3.06. The molecule has 0 saturated heterocycles. The Kier molecular flexibility index (Phi) is 10.9. The predicted octanol–water partition coefficient (Wildman–Crippen LogP) is 2.12. The van der Waals surface area contributed by atoms with Crippen molar-refractivity contribution in [1.82, 2.24) is 15.8 Å². The molecule has 183 valence electrons. The molecule has 0 bridgehead atoms. The van der Waals surface area contributed by atoms with Gasteiger partial charge in [-0.2, -0.15) is 0 Å². The number of hydrogen-bond donors (Lipinski definition) is 3. The van der Waals surface area contributed by atoms with E-state index in [2.05, 4.69) is 15.8 Å². The molecule has 0 saturated carbocycles. The topological polar surface area (TPSA) is 151 Å². The molecule has 1 aromatic carbocycles. The molecule has 10 heteroatoms. The number of ether oxygens (including phenoxy) is 2. The summed E-state index contributed by atoms with van der Waals surface area (Å²) in [5.74, 6) is -0.681. The SMILES string of the molecule is CCc1cc(C(C)NC(=O)[C@@H](N)CC(=O)OC(C)(C)C)c([N+]=O)cc1OCCCC(=O)NC. The van der Waals surface area contributed by atoms with Crippen molar-refractivity contribution >= 4 is 23.5 Å². The largest absolute Gasteiger partial charge is 0.493 e. The average molecular weight is 465 g/mol. The minimum Gasteiger partial charge on any atom is -0.493 e. The molecule has 1 rings (SSSR count). The number of carbonyl (C=O) groups excluding carboxylic acids is 3. The first-order chi connectivity index (χ1) is 15.4. The molecule has 10 nitrogen and oxygen atoms in total. The number of rotatable bonds is 12. The van der Waals surface area contributed by atoms with Gasteiger partial charge in [-0.3, -0.25) is 14.4 Å². The number of amides is 2. The van der Waals surface area contributed by atoms with Gasteiger partial charge in [-0.05, 0) is 52.2 Å². The normalized spacial score (nSPS) is 12.9. The highest BCUT2D eigenvalue weighted by atomic mass is 16.6. The Morgan fingerprint density at radius 3 is 2.42 bits per heavy atom. The average Bonchev–Trinajstić information content (AvgIpc) is 2.74. The van der Waals surface area contributed by atoms with Crippen LogP contribution in [-0.2, 0) is 25.5 Å². The summed E-state index contributed by atoms with van der Waals surface area (Å²) in [4.78, 5) is 47.2. The molecular formula is C23H36N4O6+. The van der Waals surface area contributed by atoms with Gasteiger partial charge >= 0.3 is 16.8 Å². The van der Waals surface area contributed by atoms with Gasteiger partial charge in [0.2, 0.25) is 11.8 Å². The number of nitroso groups, excluding NO2 is 1. The second-order valence-electron chi connectivity index (χ2n) is 8.72. The second kappa shape index (κ2) is 12.9. The van der Waals surface area contributed by atoms with Crippen molar-refractivity contribution in [1.29, 1.82) is 0 Å². The lowest BCUT2D eigenvalue weighted by atomic mass is 10.00. The number of nitrogens with zero attached hydrogens (tertiary/aromatic N) is 1. The summed E-state index contributed by atoms with van der Waals surface area (Å²) in [6, 6.07) is 1.62. The van der Waals surface area contributed by atoms with E-state index in [1.807, 2.05) is 6.92 Å². The number of esters is 1. The zero-order valence-corrected chi connectivity index (χ0v) is 20.3. The van der Waals surface area contributed by atoms with E-state index in [1.165, 1.54) is 6.07 Å². The number of benzene rings is 1. The Balaban J connectivity index is 2.87. The quantitative estimate of drug-likeness (QED) is 0.316. The third kappa shape index (κ3) is 9.56. The van der Waals surface area contributed by atoms with Gasteiger partial charge < -0.3 is 25.8 Å². The predicted molar refractivity (Wildman–Crippen MR) is 125 cm³/mol. The van der Waals surface area contributed by atoms with Crippen LogP contribution in [0.15, 0.2) is 12.1 Å². The molecule has 0 aliphatic heterocycles. The maximum atomic E-state index is 12.5. The van der Waals surface area contributed by atoms with Crippen molar-refractivity contribution in [3.63, 3.8) is 0 Å². The molecular weight excluding hydrogens is 428 g/mol. The zero-order valence-electron chi connectivity index (χ0n) is 20.3. The van der Waals surface area contributed by atoms with E-state index in [-0.39, 0.29) is 18.0 Å². The first kappa shape index (κ1) is 28.0. The Bertz CT molecular complexity index is 850. The summed E-state index contributed by atoms with van der Waals surface area (Å²) in [6.45, 7) is 9.13. The lowest BCUT2D eigenvalue weighted by Gasteiger charge is -2.21. The Morgan fingerprint density at radius 1 is 1.21 bits per heavy atom. The fourth-order valence-corrected chi connectivity index (χ4v) is 3.06. The summed E-state index contributed by atoms with van der Waals surface area (Å²) in [7, 11) is 1.57. The highest BCUT2D eigenvalue weighted by Crippen LogP contribution is 2.31. The molecule has 0 spiro atoms. The van der Waals surface area contributed by atoms with Gasteiger partial charge in [-0.1, -0.05) is 6.92 Å². The van der Waals surface area contributed by atoms with E-state index in [0.29, 0.717) is 37.2 Å². The molecule has 1 unspecified atom stereocenters. The molecule has 0 aliphatic rings. The fraction of sp³-hybridized carbons (Fsp3) is 0.609. The summed E-state index contributed by atoms with van der Waals surface area (Å²) in [5, 5.41) is 8.36. The van der Waals surface area contributed by atoms with Crippen LogP contribution in [0, 0.1) is 4.91 Å². The number of aryl methyl sites for hydroxylation is 1. The van der Waals surface area contributed by atoms with Crippen LogP contribution in [0.4, 0.5) is 5.69 Å². The second-order valence-corrected chi connectivity index (χ2v) is 8.72. The van der Waals surface area contributed by atoms with Gasteiger partial charge in [-0.15, -0.1) is 0 Å². The van der Waals surface area contributed by atoms with Gasteiger partial charge in [0.15, 0.2) is 0 Å². The molecule has 2 atom stereocenters. The van der Waals surface area contributed by atoms with Gasteiger partial charge in [-0.25, -0.2) is 0 Å². The standard InChI is InChI=1S/C23H36N4O6/c1-7-15-11-16(18(27-31)13-19(15)32-10-8-9-20(28)25-6)14(2)26-22(30)17(24)12-21(29)33-23(3,4)5/h11,13-14,17H,7-10,12,24H2,1-6H3,(H,25,28)(H,26,30)/q+1/t14?,17-/m0/s1. The van der Waals surface area contributed by atoms with Crippen LogP contribution in [-0.4, -0.2) is 43.1 Å². The molecule has 0 aromatic heterocycles. The van der Waals surface area contributed by atoms with Gasteiger partial charge in [0, 0.05) is 13.5 Å². The maximum Gasteiger partial charge on any atom is 0.353 e. The summed E-state index contributed by atoms with van der Waals surface area (Å²) >= 11 is 0. The number of hydrogen-bond acceptors (Lipinski definition) is 8. The van der Waals surface area contributed by atoms with E-state index >= 15 is 0 Å². The third-order valence-corrected chi connectivity index (χ3v) is 4.74. The van der Waals surface area contributed by atoms with Gasteiger partial charge in [0.25, 0.3) is 0 Å². The van der Waals surface area contributed by atoms with Crippen LogP contribution in [0.2, 0.25) is 0 Å². The Morgan fingerprint density at radius 2 is 1.88 bits per heavy atom. The van der Waals surface area contributed by atoms with Crippen LogP contribution in [0.1, 0.15) is 71.0 Å². The summed E-state index contributed by atoms with van der Waals surface area (Å²) in [6.07, 6.45) is 1.21. The maximum absolute atomic E-state index is 12.5. The molecule has 0 heterocycles. The Labute approximate surface area is 194 Å². The van der Waals surface area contributed by atoms with Crippen LogP contribution in [0.25, 0.3) is 0 Å². The minimum atomic E-state index is -1.09. The van der Waals surface area contributed by atoms with Crippen LogP contribution in [0.3, 0.4) is 0 Å². The highest BCUT2D eigenvalue weighted by Gasteiger charge is 2.28. The molecule has 0 aliphatic carbocycles. The molecule has 33 heavy (non-hydrogen) atoms. The minimum absolute atomic E-state index is 0.0747.